The molecule has 0 saturated carbocycles. The number of sulfonamides is 1. The molecule has 4 heterocycles. The molecule has 0 radical (unpaired) electrons. The predicted octanol–water partition coefficient (Wildman–Crippen LogP) is 2.65. The van der Waals surface area contributed by atoms with Crippen molar-refractivity contribution in [2.75, 3.05) is 32.7 Å². The third-order valence-electron chi connectivity index (χ3n) is 6.50. The Bertz CT molecular complexity index is 1460. The van der Waals surface area contributed by atoms with E-state index in [0.717, 1.165) is 35.3 Å². The lowest BCUT2D eigenvalue weighted by Crippen LogP contribution is -2.49. The number of piperazine rings is 1. The van der Waals surface area contributed by atoms with Crippen LogP contribution in [0.1, 0.15) is 24.9 Å². The molecule has 4 aromatic rings. The highest BCUT2D eigenvalue weighted by atomic mass is 32.2. The van der Waals surface area contributed by atoms with Crippen LogP contribution >= 0.6 is 0 Å². The first kappa shape index (κ1) is 23.2. The van der Waals surface area contributed by atoms with Gasteiger partial charge in [0.15, 0.2) is 0 Å². The summed E-state index contributed by atoms with van der Waals surface area (Å²) in [6, 6.07) is 10.2. The lowest BCUT2D eigenvalue weighted by atomic mass is 10.1. The van der Waals surface area contributed by atoms with E-state index in [9.17, 15) is 8.42 Å². The molecule has 3 aromatic heterocycles. The second-order valence-electron chi connectivity index (χ2n) is 8.57. The molecule has 10 nitrogen and oxygen atoms in total. The van der Waals surface area contributed by atoms with Crippen molar-refractivity contribution in [3.05, 3.63) is 60.8 Å². The van der Waals surface area contributed by atoms with Gasteiger partial charge in [-0.2, -0.15) is 14.7 Å². The van der Waals surface area contributed by atoms with Crippen molar-refractivity contribution in [2.24, 2.45) is 0 Å². The molecule has 1 aliphatic heterocycles. The Kier molecular flexibility index (Phi) is 6.34. The molecule has 11 heteroatoms. The molecule has 1 aliphatic rings. The maximum Gasteiger partial charge on any atom is 0.243 e. The summed E-state index contributed by atoms with van der Waals surface area (Å²) in [5.74, 6) is 0. The molecular weight excluding hydrogens is 464 g/mol. The fraction of sp³-hybridized carbons (Fsp3) is 0.333. The first-order chi connectivity index (χ1) is 17.0. The first-order valence-corrected chi connectivity index (χ1v) is 13.0. The van der Waals surface area contributed by atoms with E-state index >= 15 is 0 Å². The van der Waals surface area contributed by atoms with Crippen molar-refractivity contribution in [2.45, 2.75) is 24.3 Å². The Hall–Kier alpha value is -3.59. The Morgan fingerprint density at radius 1 is 1.11 bits per heavy atom. The molecule has 1 N–H and O–H groups in total. The van der Waals surface area contributed by atoms with E-state index in [1.165, 1.54) is 28.6 Å². The maximum atomic E-state index is 13.0. The minimum absolute atomic E-state index is 0.161. The summed E-state index contributed by atoms with van der Waals surface area (Å²) >= 11 is 0. The molecular formula is C24H26N8O2S. The number of aromatic nitrogens is 5. The van der Waals surface area contributed by atoms with Gasteiger partial charge in [-0.05, 0) is 36.8 Å². The summed E-state index contributed by atoms with van der Waals surface area (Å²) < 4.78 is 29.5. The summed E-state index contributed by atoms with van der Waals surface area (Å²) in [5.41, 5.74) is 3.02. The molecule has 0 spiro atoms. The van der Waals surface area contributed by atoms with E-state index in [1.807, 2.05) is 35.4 Å². The first-order valence-electron chi connectivity index (χ1n) is 11.5. The fourth-order valence-corrected chi connectivity index (χ4v) is 5.89. The van der Waals surface area contributed by atoms with Gasteiger partial charge in [-0.1, -0.05) is 6.92 Å². The quantitative estimate of drug-likeness (QED) is 0.422. The van der Waals surface area contributed by atoms with Gasteiger partial charge in [0.1, 0.15) is 12.0 Å². The van der Waals surface area contributed by atoms with Crippen LogP contribution in [0.5, 0.6) is 0 Å². The van der Waals surface area contributed by atoms with Crippen LogP contribution in [0.3, 0.4) is 0 Å². The van der Waals surface area contributed by atoms with Crippen molar-refractivity contribution in [3.63, 3.8) is 0 Å². The number of hydrogen-bond donors (Lipinski definition) is 1. The van der Waals surface area contributed by atoms with Crippen molar-refractivity contribution in [1.82, 2.24) is 33.9 Å². The second-order valence-corrected chi connectivity index (χ2v) is 10.5. The summed E-state index contributed by atoms with van der Waals surface area (Å²) in [6.45, 7) is 5.06. The van der Waals surface area contributed by atoms with E-state index in [4.69, 9.17) is 5.26 Å². The number of fused-ring (bicyclic) bond motifs is 1. The largest absolute Gasteiger partial charge is 0.346 e. The van der Waals surface area contributed by atoms with E-state index in [2.05, 4.69) is 31.9 Å². The fourth-order valence-electron chi connectivity index (χ4n) is 4.46. The molecule has 0 amide bonds. The van der Waals surface area contributed by atoms with E-state index in [1.54, 1.807) is 6.33 Å². The number of nitriles is 1. The van der Waals surface area contributed by atoms with E-state index in [-0.39, 0.29) is 10.9 Å². The average molecular weight is 491 g/mol. The Labute approximate surface area is 203 Å². The SMILES string of the molecule is CCC(CN1CCN(S(=O)(=O)c2ccc(C#N)cc2)CC1)n1cc(-c2ncnc3[nH]ccc23)cn1. The normalized spacial score (nSPS) is 16.3. The summed E-state index contributed by atoms with van der Waals surface area (Å²) in [5, 5.41) is 14.5. The molecule has 1 unspecified atom stereocenters. The van der Waals surface area contributed by atoms with E-state index < -0.39 is 10.0 Å². The third kappa shape index (κ3) is 4.55. The molecule has 1 atom stereocenters. The van der Waals surface area contributed by atoms with Gasteiger partial charge in [0, 0.05) is 56.1 Å². The highest BCUT2D eigenvalue weighted by Gasteiger charge is 2.29. The standard InChI is InChI=1S/C24H26N8O2S/c1-2-20(32-15-19(14-29-32)23-22-7-8-26-24(22)28-17-27-23)16-30-9-11-31(12-10-30)35(33,34)21-5-3-18(13-25)4-6-21/h3-8,14-15,17,20H,2,9-12,16H2,1H3,(H,26,27,28). The highest BCUT2D eigenvalue weighted by Crippen LogP contribution is 2.26. The van der Waals surface area contributed by atoms with Crippen LogP contribution in [0.2, 0.25) is 0 Å². The molecule has 180 valence electrons. The zero-order valence-electron chi connectivity index (χ0n) is 19.4. The molecule has 1 fully saturated rings. The van der Waals surface area contributed by atoms with Gasteiger partial charge in [-0.15, -0.1) is 0 Å². The zero-order chi connectivity index (χ0) is 24.4. The van der Waals surface area contributed by atoms with Gasteiger partial charge >= 0.3 is 0 Å². The smallest absolute Gasteiger partial charge is 0.243 e. The molecule has 5 rings (SSSR count). The van der Waals surface area contributed by atoms with Crippen LogP contribution in [0, 0.1) is 11.3 Å². The van der Waals surface area contributed by atoms with Crippen molar-refractivity contribution >= 4 is 21.1 Å². The molecule has 1 aromatic carbocycles. The van der Waals surface area contributed by atoms with Crippen LogP contribution in [-0.2, 0) is 10.0 Å². The predicted molar refractivity (Wildman–Crippen MR) is 131 cm³/mol. The van der Waals surface area contributed by atoms with Crippen LogP contribution in [-0.4, -0.2) is 75.1 Å². The van der Waals surface area contributed by atoms with Gasteiger partial charge in [0.25, 0.3) is 0 Å². The molecule has 35 heavy (non-hydrogen) atoms. The minimum Gasteiger partial charge on any atom is -0.346 e. The van der Waals surface area contributed by atoms with Gasteiger partial charge in [-0.3, -0.25) is 9.58 Å². The second kappa shape index (κ2) is 9.58. The van der Waals surface area contributed by atoms with Gasteiger partial charge < -0.3 is 4.98 Å². The number of aromatic amines is 1. The van der Waals surface area contributed by atoms with Gasteiger partial charge in [-0.25, -0.2) is 18.4 Å². The van der Waals surface area contributed by atoms with Gasteiger partial charge in [0.2, 0.25) is 10.0 Å². The summed E-state index contributed by atoms with van der Waals surface area (Å²) in [7, 11) is -3.57. The number of H-pyrrole nitrogens is 1. The zero-order valence-corrected chi connectivity index (χ0v) is 20.2. The Morgan fingerprint density at radius 3 is 2.60 bits per heavy atom. The minimum atomic E-state index is -3.57. The van der Waals surface area contributed by atoms with Crippen LogP contribution in [0.15, 0.2) is 60.1 Å². The van der Waals surface area contributed by atoms with Gasteiger partial charge in [0.05, 0.1) is 34.5 Å². The van der Waals surface area contributed by atoms with E-state index in [0.29, 0.717) is 31.7 Å². The van der Waals surface area contributed by atoms with Crippen molar-refractivity contribution < 1.29 is 8.42 Å². The lowest BCUT2D eigenvalue weighted by Gasteiger charge is -2.35. The average Bonchev–Trinajstić information content (AvgIpc) is 3.57. The number of nitrogens with zero attached hydrogens (tertiary/aromatic N) is 7. The number of nitrogens with one attached hydrogen (secondary N) is 1. The van der Waals surface area contributed by atoms with Crippen molar-refractivity contribution in [1.29, 1.82) is 5.26 Å². The third-order valence-corrected chi connectivity index (χ3v) is 8.41. The van der Waals surface area contributed by atoms with Crippen molar-refractivity contribution in [3.8, 4) is 17.3 Å². The Morgan fingerprint density at radius 2 is 1.89 bits per heavy atom. The maximum absolute atomic E-state index is 13.0. The molecule has 0 bridgehead atoms. The highest BCUT2D eigenvalue weighted by molar-refractivity contribution is 7.89. The summed E-state index contributed by atoms with van der Waals surface area (Å²) in [6.07, 6.45) is 8.15. The van der Waals surface area contributed by atoms with Crippen LogP contribution < -0.4 is 0 Å². The lowest BCUT2D eigenvalue weighted by molar-refractivity contribution is 0.160. The number of benzene rings is 1. The van der Waals surface area contributed by atoms with Crippen LogP contribution in [0.25, 0.3) is 22.3 Å². The topological polar surface area (TPSA) is 124 Å². The monoisotopic (exact) mass is 490 g/mol. The Balaban J connectivity index is 1.24. The molecule has 1 saturated heterocycles. The van der Waals surface area contributed by atoms with Crippen LogP contribution in [0.4, 0.5) is 0 Å². The number of hydrogen-bond acceptors (Lipinski definition) is 7. The number of rotatable bonds is 7. The molecule has 0 aliphatic carbocycles. The summed E-state index contributed by atoms with van der Waals surface area (Å²) in [4.78, 5) is 14.3.